The molecule has 0 amide bonds. The molecule has 0 heterocycles. The van der Waals surface area contributed by atoms with Gasteiger partial charge >= 0.3 is 5.97 Å². The van der Waals surface area contributed by atoms with Gasteiger partial charge in [0.05, 0.1) is 12.6 Å². The van der Waals surface area contributed by atoms with Crippen LogP contribution in [0.1, 0.15) is 20.8 Å². The number of carbonyl (C=O) groups is 2. The van der Waals surface area contributed by atoms with Crippen LogP contribution in [0.5, 0.6) is 0 Å². The first-order chi connectivity index (χ1) is 7.36. The van der Waals surface area contributed by atoms with E-state index in [1.165, 1.54) is 13.0 Å². The smallest absolute Gasteiger partial charge is 0.333 e. The van der Waals surface area contributed by atoms with Crippen molar-refractivity contribution >= 4 is 11.9 Å². The van der Waals surface area contributed by atoms with Crippen molar-refractivity contribution in [2.24, 2.45) is 0 Å². The van der Waals surface area contributed by atoms with Crippen LogP contribution >= 0.6 is 0 Å². The summed E-state index contributed by atoms with van der Waals surface area (Å²) in [5.74, 6) is -1.55. The SMILES string of the molecule is C/C=C(\C)C(=O)[O-].C=C(C)C(=O)OCCO. The molecule has 5 heteroatoms. The van der Waals surface area contributed by atoms with Crippen LogP contribution in [0.3, 0.4) is 0 Å². The van der Waals surface area contributed by atoms with E-state index >= 15 is 0 Å². The predicted molar refractivity (Wildman–Crippen MR) is 57.3 cm³/mol. The molecule has 5 nitrogen and oxygen atoms in total. The minimum atomic E-state index is -1.09. The van der Waals surface area contributed by atoms with Gasteiger partial charge < -0.3 is 19.7 Å². The quantitative estimate of drug-likeness (QED) is 0.533. The summed E-state index contributed by atoms with van der Waals surface area (Å²) in [6, 6.07) is 0. The predicted octanol–water partition coefficient (Wildman–Crippen LogP) is -0.199. The Morgan fingerprint density at radius 2 is 1.94 bits per heavy atom. The lowest BCUT2D eigenvalue weighted by Gasteiger charge is -1.99. The average molecular weight is 229 g/mol. The van der Waals surface area contributed by atoms with Crippen molar-refractivity contribution < 1.29 is 24.5 Å². The molecule has 0 fully saturated rings. The highest BCUT2D eigenvalue weighted by atomic mass is 16.5. The van der Waals surface area contributed by atoms with Crippen molar-refractivity contribution in [1.82, 2.24) is 0 Å². The van der Waals surface area contributed by atoms with E-state index in [1.807, 2.05) is 0 Å². The summed E-state index contributed by atoms with van der Waals surface area (Å²) in [7, 11) is 0. The van der Waals surface area contributed by atoms with E-state index < -0.39 is 11.9 Å². The number of hydrogen-bond donors (Lipinski definition) is 1. The first-order valence-electron chi connectivity index (χ1n) is 4.64. The van der Waals surface area contributed by atoms with Crippen LogP contribution < -0.4 is 5.11 Å². The molecule has 92 valence electrons. The third-order valence-electron chi connectivity index (χ3n) is 1.43. The molecule has 0 aromatic rings. The number of aliphatic hydroxyl groups excluding tert-OH is 1. The van der Waals surface area contributed by atoms with E-state index in [0.29, 0.717) is 5.57 Å². The van der Waals surface area contributed by atoms with Gasteiger partial charge in [-0.25, -0.2) is 4.79 Å². The van der Waals surface area contributed by atoms with Crippen LogP contribution in [0.2, 0.25) is 0 Å². The molecule has 0 aliphatic heterocycles. The van der Waals surface area contributed by atoms with Gasteiger partial charge in [-0.1, -0.05) is 12.7 Å². The zero-order chi connectivity index (χ0) is 13.1. The van der Waals surface area contributed by atoms with Gasteiger partial charge in [0.2, 0.25) is 0 Å². The Morgan fingerprint density at radius 1 is 1.44 bits per heavy atom. The van der Waals surface area contributed by atoms with Gasteiger partial charge in [0.1, 0.15) is 6.61 Å². The number of carbonyl (C=O) groups excluding carboxylic acids is 2. The number of rotatable bonds is 4. The number of aliphatic hydroxyl groups is 1. The largest absolute Gasteiger partial charge is 0.545 e. The van der Waals surface area contributed by atoms with Crippen molar-refractivity contribution in [2.45, 2.75) is 20.8 Å². The van der Waals surface area contributed by atoms with Crippen LogP contribution in [0.4, 0.5) is 0 Å². The Labute approximate surface area is 95.0 Å². The van der Waals surface area contributed by atoms with E-state index in [4.69, 9.17) is 5.11 Å². The summed E-state index contributed by atoms with van der Waals surface area (Å²) in [5, 5.41) is 17.9. The Kier molecular flexibility index (Phi) is 10.4. The lowest BCUT2D eigenvalue weighted by molar-refractivity contribution is -0.299. The van der Waals surface area contributed by atoms with Gasteiger partial charge in [0, 0.05) is 5.57 Å². The van der Waals surface area contributed by atoms with Crippen LogP contribution in [0.15, 0.2) is 23.8 Å². The number of allylic oxidation sites excluding steroid dienone is 1. The molecule has 1 N–H and O–H groups in total. The molecule has 0 rings (SSSR count). The highest BCUT2D eigenvalue weighted by Crippen LogP contribution is 1.89. The molecule has 0 atom stereocenters. The summed E-state index contributed by atoms with van der Waals surface area (Å²) in [5.41, 5.74) is 0.628. The van der Waals surface area contributed by atoms with Crippen molar-refractivity contribution in [1.29, 1.82) is 0 Å². The molecule has 16 heavy (non-hydrogen) atoms. The summed E-state index contributed by atoms with van der Waals surface area (Å²) < 4.78 is 4.46. The second-order valence-electron chi connectivity index (χ2n) is 2.90. The molecule has 0 aromatic carbocycles. The fourth-order valence-corrected chi connectivity index (χ4v) is 0.379. The zero-order valence-corrected chi connectivity index (χ0v) is 9.78. The summed E-state index contributed by atoms with van der Waals surface area (Å²) >= 11 is 0. The lowest BCUT2D eigenvalue weighted by atomic mass is 10.3. The maximum Gasteiger partial charge on any atom is 0.333 e. The molecule has 0 saturated heterocycles. The summed E-state index contributed by atoms with van der Waals surface area (Å²) in [6.07, 6.45) is 1.50. The molecule has 0 saturated carbocycles. The number of carboxylic acid groups (broad SMARTS) is 1. The molecule has 0 unspecified atom stereocenters. The Hall–Kier alpha value is -1.62. The lowest BCUT2D eigenvalue weighted by Crippen LogP contribution is -2.22. The number of esters is 1. The molecular weight excluding hydrogens is 212 g/mol. The van der Waals surface area contributed by atoms with Gasteiger partial charge in [0.25, 0.3) is 0 Å². The molecule has 0 radical (unpaired) electrons. The van der Waals surface area contributed by atoms with Gasteiger partial charge in [-0.15, -0.1) is 0 Å². The summed E-state index contributed by atoms with van der Waals surface area (Å²) in [6.45, 7) is 7.97. The standard InChI is InChI=1S/C6H10O3.C5H8O2/c1-5(2)6(8)9-4-3-7;1-3-4(2)5(6)7/h7H,1,3-4H2,2H3;3H,1-2H3,(H,6,7)/p-1/b;4-3+. The van der Waals surface area contributed by atoms with Crippen molar-refractivity contribution in [3.05, 3.63) is 23.8 Å². The van der Waals surface area contributed by atoms with Crippen LogP contribution in [0.25, 0.3) is 0 Å². The first-order valence-corrected chi connectivity index (χ1v) is 4.64. The molecule has 0 bridgehead atoms. The highest BCUT2D eigenvalue weighted by Gasteiger charge is 1.99. The minimum absolute atomic E-state index is 0.0473. The third-order valence-corrected chi connectivity index (χ3v) is 1.43. The molecule has 0 aliphatic rings. The van der Waals surface area contributed by atoms with E-state index in [9.17, 15) is 14.7 Å². The van der Waals surface area contributed by atoms with Crippen molar-refractivity contribution in [3.63, 3.8) is 0 Å². The van der Waals surface area contributed by atoms with Crippen molar-refractivity contribution in [2.75, 3.05) is 13.2 Å². The first kappa shape index (κ1) is 16.8. The molecular formula is C11H17O5-. The minimum Gasteiger partial charge on any atom is -0.545 e. The Balaban J connectivity index is 0. The number of carboxylic acids is 1. The molecule has 0 spiro atoms. The topological polar surface area (TPSA) is 86.7 Å². The van der Waals surface area contributed by atoms with Crippen LogP contribution in [-0.4, -0.2) is 30.3 Å². The third kappa shape index (κ3) is 10.5. The number of ether oxygens (including phenoxy) is 1. The molecule has 0 aromatic heterocycles. The average Bonchev–Trinajstić information content (AvgIpc) is 2.25. The monoisotopic (exact) mass is 229 g/mol. The van der Waals surface area contributed by atoms with E-state index in [1.54, 1.807) is 13.8 Å². The van der Waals surface area contributed by atoms with E-state index in [0.717, 1.165) is 0 Å². The van der Waals surface area contributed by atoms with E-state index in [2.05, 4.69) is 11.3 Å². The van der Waals surface area contributed by atoms with Gasteiger partial charge in [-0.2, -0.15) is 0 Å². The fraction of sp³-hybridized carbons (Fsp3) is 0.455. The van der Waals surface area contributed by atoms with Gasteiger partial charge in [0.15, 0.2) is 0 Å². The number of aliphatic carboxylic acids is 1. The van der Waals surface area contributed by atoms with Gasteiger partial charge in [-0.05, 0) is 26.3 Å². The van der Waals surface area contributed by atoms with E-state index in [-0.39, 0.29) is 18.8 Å². The number of hydrogen-bond acceptors (Lipinski definition) is 5. The highest BCUT2D eigenvalue weighted by molar-refractivity contribution is 5.86. The molecule has 0 aliphatic carbocycles. The second-order valence-corrected chi connectivity index (χ2v) is 2.90. The van der Waals surface area contributed by atoms with Gasteiger partial charge in [-0.3, -0.25) is 0 Å². The zero-order valence-electron chi connectivity index (χ0n) is 9.78. The maximum absolute atomic E-state index is 10.5. The maximum atomic E-state index is 10.5. The normalized spacial score (nSPS) is 9.88. The second kappa shape index (κ2) is 9.92. The Morgan fingerprint density at radius 3 is 2.12 bits per heavy atom. The van der Waals surface area contributed by atoms with Crippen molar-refractivity contribution in [3.8, 4) is 0 Å². The van der Waals surface area contributed by atoms with Crippen LogP contribution in [-0.2, 0) is 14.3 Å². The van der Waals surface area contributed by atoms with Crippen LogP contribution in [0, 0.1) is 0 Å². The summed E-state index contributed by atoms with van der Waals surface area (Å²) in [4.78, 5) is 20.2. The Bertz CT molecular complexity index is 278. The fourth-order valence-electron chi connectivity index (χ4n) is 0.379.